The predicted octanol–water partition coefficient (Wildman–Crippen LogP) is 2.00. The van der Waals surface area contributed by atoms with Crippen molar-refractivity contribution in [3.8, 4) is 6.07 Å². The molecule has 6 nitrogen and oxygen atoms in total. The maximum atomic E-state index is 12.4. The molecule has 2 aliphatic heterocycles. The molecule has 6 heteroatoms. The van der Waals surface area contributed by atoms with Crippen LogP contribution < -0.4 is 5.32 Å². The number of nitrogens with zero attached hydrogens (tertiary/aromatic N) is 3. The average Bonchev–Trinajstić information content (AvgIpc) is 2.75. The molecule has 1 N–H and O–H groups in total. The standard InChI is InChI=1S/C22H32N4O2/c1-28-14-10-24-22(27)20-3-2-11-26(17-20)21-8-12-25(13-9-21)16-19-6-4-18(15-23)5-7-19/h4-7,20-21H,2-3,8-14,16-17H2,1H3,(H,24,27). The molecule has 0 saturated carbocycles. The Kier molecular flexibility index (Phi) is 7.84. The fraction of sp³-hybridized carbons (Fsp3) is 0.636. The number of benzene rings is 1. The van der Waals surface area contributed by atoms with Crippen molar-refractivity contribution >= 4 is 5.91 Å². The first-order chi connectivity index (χ1) is 13.7. The van der Waals surface area contributed by atoms with Gasteiger partial charge in [0.25, 0.3) is 0 Å². The van der Waals surface area contributed by atoms with E-state index >= 15 is 0 Å². The normalized spacial score (nSPS) is 21.9. The molecule has 2 aliphatic rings. The van der Waals surface area contributed by atoms with Gasteiger partial charge in [0, 0.05) is 32.8 Å². The average molecular weight is 385 g/mol. The lowest BCUT2D eigenvalue weighted by Crippen LogP contribution is -2.50. The molecule has 1 aromatic rings. The molecule has 0 spiro atoms. The van der Waals surface area contributed by atoms with Crippen molar-refractivity contribution in [1.29, 1.82) is 5.26 Å². The summed E-state index contributed by atoms with van der Waals surface area (Å²) in [5.74, 6) is 0.294. The van der Waals surface area contributed by atoms with Gasteiger partial charge in [-0.2, -0.15) is 5.26 Å². The predicted molar refractivity (Wildman–Crippen MR) is 109 cm³/mol. The summed E-state index contributed by atoms with van der Waals surface area (Å²) in [6.07, 6.45) is 4.42. The molecule has 2 heterocycles. The van der Waals surface area contributed by atoms with Crippen LogP contribution in [0, 0.1) is 17.2 Å². The molecule has 0 aliphatic carbocycles. The molecule has 1 aromatic carbocycles. The van der Waals surface area contributed by atoms with Crippen LogP contribution in [0.1, 0.15) is 36.8 Å². The summed E-state index contributed by atoms with van der Waals surface area (Å²) in [4.78, 5) is 17.4. The molecule has 0 bridgehead atoms. The molecular formula is C22H32N4O2. The minimum absolute atomic E-state index is 0.113. The smallest absolute Gasteiger partial charge is 0.224 e. The van der Waals surface area contributed by atoms with Crippen LogP contribution in [0.4, 0.5) is 0 Å². The Hall–Kier alpha value is -1.94. The Morgan fingerprint density at radius 2 is 1.96 bits per heavy atom. The van der Waals surface area contributed by atoms with E-state index in [9.17, 15) is 4.79 Å². The molecule has 1 amide bonds. The maximum Gasteiger partial charge on any atom is 0.224 e. The maximum absolute atomic E-state index is 12.4. The van der Waals surface area contributed by atoms with Crippen molar-refractivity contribution in [1.82, 2.24) is 15.1 Å². The lowest BCUT2D eigenvalue weighted by atomic mass is 9.93. The van der Waals surface area contributed by atoms with Crippen molar-refractivity contribution in [2.45, 2.75) is 38.3 Å². The summed E-state index contributed by atoms with van der Waals surface area (Å²) in [5.41, 5.74) is 1.98. The monoisotopic (exact) mass is 384 g/mol. The van der Waals surface area contributed by atoms with Crippen molar-refractivity contribution in [2.24, 2.45) is 5.92 Å². The fourth-order valence-corrected chi connectivity index (χ4v) is 4.36. The highest BCUT2D eigenvalue weighted by molar-refractivity contribution is 5.78. The first-order valence-electron chi connectivity index (χ1n) is 10.4. The van der Waals surface area contributed by atoms with Gasteiger partial charge in [-0.05, 0) is 63.0 Å². The minimum Gasteiger partial charge on any atom is -0.383 e. The topological polar surface area (TPSA) is 68.6 Å². The van der Waals surface area contributed by atoms with Crippen LogP contribution in [0.25, 0.3) is 0 Å². The van der Waals surface area contributed by atoms with Crippen molar-refractivity contribution < 1.29 is 9.53 Å². The first kappa shape index (κ1) is 20.8. The molecule has 28 heavy (non-hydrogen) atoms. The third kappa shape index (κ3) is 5.78. The minimum atomic E-state index is 0.113. The zero-order valence-electron chi connectivity index (χ0n) is 16.9. The lowest BCUT2D eigenvalue weighted by molar-refractivity contribution is -0.127. The van der Waals surface area contributed by atoms with Crippen molar-refractivity contribution in [3.05, 3.63) is 35.4 Å². The van der Waals surface area contributed by atoms with Crippen molar-refractivity contribution in [3.63, 3.8) is 0 Å². The van der Waals surface area contributed by atoms with Crippen LogP contribution >= 0.6 is 0 Å². The van der Waals surface area contributed by atoms with E-state index in [1.165, 1.54) is 5.56 Å². The van der Waals surface area contributed by atoms with Crippen LogP contribution in [0.3, 0.4) is 0 Å². The van der Waals surface area contributed by atoms with E-state index in [1.54, 1.807) is 7.11 Å². The summed E-state index contributed by atoms with van der Waals surface area (Å²) in [5, 5.41) is 11.9. The molecule has 3 rings (SSSR count). The quantitative estimate of drug-likeness (QED) is 0.728. The number of carbonyl (C=O) groups excluding carboxylic acids is 1. The number of amides is 1. The van der Waals surface area contributed by atoms with Crippen LogP contribution in [0.15, 0.2) is 24.3 Å². The Balaban J connectivity index is 1.43. The number of methoxy groups -OCH3 is 1. The molecule has 152 valence electrons. The Morgan fingerprint density at radius 3 is 2.64 bits per heavy atom. The molecule has 2 fully saturated rings. The van der Waals surface area contributed by atoms with E-state index in [4.69, 9.17) is 10.00 Å². The van der Waals surface area contributed by atoms with E-state index in [-0.39, 0.29) is 11.8 Å². The number of ether oxygens (including phenoxy) is 1. The van der Waals surface area contributed by atoms with Gasteiger partial charge in [-0.1, -0.05) is 12.1 Å². The van der Waals surface area contributed by atoms with Crippen molar-refractivity contribution in [2.75, 3.05) is 46.4 Å². The largest absolute Gasteiger partial charge is 0.383 e. The van der Waals surface area contributed by atoms with Crippen LogP contribution in [0.2, 0.25) is 0 Å². The summed E-state index contributed by atoms with van der Waals surface area (Å²) < 4.78 is 5.02. The number of piperidine rings is 2. The van der Waals surface area contributed by atoms with Gasteiger partial charge in [0.2, 0.25) is 5.91 Å². The van der Waals surface area contributed by atoms with E-state index in [0.717, 1.165) is 58.4 Å². The third-order valence-electron chi connectivity index (χ3n) is 5.99. The van der Waals surface area contributed by atoms with Gasteiger partial charge in [-0.25, -0.2) is 0 Å². The highest BCUT2D eigenvalue weighted by atomic mass is 16.5. The van der Waals surface area contributed by atoms with Crippen LogP contribution in [-0.4, -0.2) is 68.2 Å². The number of nitriles is 1. The number of hydrogen-bond acceptors (Lipinski definition) is 5. The Labute approximate surface area is 168 Å². The fourth-order valence-electron chi connectivity index (χ4n) is 4.36. The van der Waals surface area contributed by atoms with E-state index < -0.39 is 0 Å². The van der Waals surface area contributed by atoms with E-state index in [0.29, 0.717) is 24.8 Å². The number of rotatable bonds is 7. The number of nitrogens with one attached hydrogen (secondary N) is 1. The second-order valence-electron chi connectivity index (χ2n) is 7.93. The number of carbonyl (C=O) groups is 1. The lowest BCUT2D eigenvalue weighted by Gasteiger charge is -2.42. The SMILES string of the molecule is COCCNC(=O)C1CCCN(C2CCN(Cc3ccc(C#N)cc3)CC2)C1. The van der Waals surface area contributed by atoms with E-state index in [2.05, 4.69) is 33.3 Å². The van der Waals surface area contributed by atoms with Crippen LogP contribution in [-0.2, 0) is 16.1 Å². The molecule has 1 unspecified atom stereocenters. The number of hydrogen-bond donors (Lipinski definition) is 1. The van der Waals surface area contributed by atoms with Gasteiger partial charge in [0.1, 0.15) is 0 Å². The van der Waals surface area contributed by atoms with Gasteiger partial charge >= 0.3 is 0 Å². The van der Waals surface area contributed by atoms with Gasteiger partial charge in [-0.3, -0.25) is 14.6 Å². The summed E-state index contributed by atoms with van der Waals surface area (Å²) >= 11 is 0. The summed E-state index contributed by atoms with van der Waals surface area (Å²) in [6.45, 7) is 6.29. The van der Waals surface area contributed by atoms with Gasteiger partial charge < -0.3 is 10.1 Å². The van der Waals surface area contributed by atoms with Gasteiger partial charge in [0.05, 0.1) is 24.2 Å². The second-order valence-corrected chi connectivity index (χ2v) is 7.93. The second kappa shape index (κ2) is 10.6. The summed E-state index contributed by atoms with van der Waals surface area (Å²) in [6, 6.07) is 10.7. The highest BCUT2D eigenvalue weighted by Gasteiger charge is 2.31. The highest BCUT2D eigenvalue weighted by Crippen LogP contribution is 2.24. The zero-order valence-corrected chi connectivity index (χ0v) is 16.9. The van der Waals surface area contributed by atoms with Crippen LogP contribution in [0.5, 0.6) is 0 Å². The summed E-state index contributed by atoms with van der Waals surface area (Å²) in [7, 11) is 1.65. The molecule has 0 aromatic heterocycles. The number of likely N-dealkylation sites (tertiary alicyclic amines) is 2. The molecule has 1 atom stereocenters. The molecule has 0 radical (unpaired) electrons. The Morgan fingerprint density at radius 1 is 1.21 bits per heavy atom. The van der Waals surface area contributed by atoms with Gasteiger partial charge in [0.15, 0.2) is 0 Å². The Bertz CT molecular complexity index is 662. The first-order valence-corrected chi connectivity index (χ1v) is 10.4. The molecule has 2 saturated heterocycles. The van der Waals surface area contributed by atoms with Gasteiger partial charge in [-0.15, -0.1) is 0 Å². The zero-order chi connectivity index (χ0) is 19.8. The third-order valence-corrected chi connectivity index (χ3v) is 5.99. The molecular weight excluding hydrogens is 352 g/mol. The van der Waals surface area contributed by atoms with E-state index in [1.807, 2.05) is 12.1 Å².